The fraction of sp³-hybridized carbons (Fsp3) is 0.500. The Bertz CT molecular complexity index is 394. The van der Waals surface area contributed by atoms with Crippen LogP contribution in [0, 0.1) is 0 Å². The van der Waals surface area contributed by atoms with Crippen molar-refractivity contribution in [3.8, 4) is 0 Å². The van der Waals surface area contributed by atoms with Crippen molar-refractivity contribution in [2.24, 2.45) is 0 Å². The van der Waals surface area contributed by atoms with Crippen LogP contribution in [-0.4, -0.2) is 38.8 Å². The van der Waals surface area contributed by atoms with E-state index in [0.29, 0.717) is 17.8 Å². The van der Waals surface area contributed by atoms with E-state index in [2.05, 4.69) is 14.9 Å². The molecule has 16 heavy (non-hydrogen) atoms. The molecule has 1 amide bonds. The highest BCUT2D eigenvalue weighted by atomic mass is 32.1. The van der Waals surface area contributed by atoms with Crippen LogP contribution in [-0.2, 0) is 14.3 Å². The Kier molecular flexibility index (Phi) is 3.11. The van der Waals surface area contributed by atoms with E-state index >= 15 is 0 Å². The van der Waals surface area contributed by atoms with Crippen molar-refractivity contribution in [1.82, 2.24) is 9.59 Å². The molecular weight excluding hydrogens is 234 g/mol. The molecule has 1 aromatic heterocycles. The number of aliphatic carboxylic acids is 1. The largest absolute Gasteiger partial charge is 0.479 e. The van der Waals surface area contributed by atoms with Gasteiger partial charge in [0, 0.05) is 11.5 Å². The Hall–Kier alpha value is -1.54. The molecule has 0 saturated carbocycles. The van der Waals surface area contributed by atoms with E-state index < -0.39 is 18.2 Å². The zero-order valence-corrected chi connectivity index (χ0v) is 8.94. The molecular formula is C8H9N3O4S. The van der Waals surface area contributed by atoms with E-state index in [-0.39, 0.29) is 5.91 Å². The summed E-state index contributed by atoms with van der Waals surface area (Å²) in [5.41, 5.74) is 0. The lowest BCUT2D eigenvalue weighted by molar-refractivity contribution is -0.150. The number of carbonyl (C=O) groups is 2. The number of hydrogen-bond acceptors (Lipinski definition) is 6. The van der Waals surface area contributed by atoms with Gasteiger partial charge in [0.05, 0.1) is 6.20 Å². The molecule has 86 valence electrons. The zero-order valence-electron chi connectivity index (χ0n) is 8.12. The summed E-state index contributed by atoms with van der Waals surface area (Å²) in [6.07, 6.45) is 0.605. The van der Waals surface area contributed by atoms with Crippen molar-refractivity contribution in [3.63, 3.8) is 0 Å². The minimum Gasteiger partial charge on any atom is -0.479 e. The number of amides is 1. The second kappa shape index (κ2) is 4.54. The normalized spacial score (nSPS) is 24.2. The molecule has 2 rings (SSSR count). The number of nitrogens with one attached hydrogen (secondary N) is 1. The molecule has 0 spiro atoms. The number of nitrogens with zero attached hydrogens (tertiary/aromatic N) is 2. The molecule has 0 aliphatic carbocycles. The molecule has 1 aliphatic heterocycles. The van der Waals surface area contributed by atoms with Crippen LogP contribution in [0.25, 0.3) is 0 Å². The van der Waals surface area contributed by atoms with Gasteiger partial charge in [-0.15, -0.1) is 5.10 Å². The number of rotatable bonds is 3. The summed E-state index contributed by atoms with van der Waals surface area (Å²) >= 11 is 1.05. The average Bonchev–Trinajstić information content (AvgIpc) is 2.86. The first kappa shape index (κ1) is 11.0. The maximum Gasteiger partial charge on any atom is 0.332 e. The van der Waals surface area contributed by atoms with E-state index in [0.717, 1.165) is 11.5 Å². The minimum atomic E-state index is -1.03. The van der Waals surface area contributed by atoms with Gasteiger partial charge in [-0.2, -0.15) is 0 Å². The molecule has 0 radical (unpaired) electrons. The van der Waals surface area contributed by atoms with Gasteiger partial charge >= 0.3 is 5.97 Å². The van der Waals surface area contributed by atoms with Crippen molar-refractivity contribution in [2.75, 3.05) is 5.32 Å². The van der Waals surface area contributed by atoms with E-state index in [1.54, 1.807) is 0 Å². The van der Waals surface area contributed by atoms with Gasteiger partial charge in [0.2, 0.25) is 0 Å². The molecule has 1 aliphatic rings. The third kappa shape index (κ3) is 2.34. The van der Waals surface area contributed by atoms with Crippen LogP contribution < -0.4 is 5.32 Å². The Morgan fingerprint density at radius 3 is 2.81 bits per heavy atom. The minimum absolute atomic E-state index is 0.352. The summed E-state index contributed by atoms with van der Waals surface area (Å²) in [4.78, 5) is 22.2. The predicted molar refractivity (Wildman–Crippen MR) is 54.1 cm³/mol. The van der Waals surface area contributed by atoms with Crippen LogP contribution in [0.1, 0.15) is 12.8 Å². The van der Waals surface area contributed by atoms with E-state index in [1.165, 1.54) is 6.20 Å². The maximum atomic E-state index is 11.6. The number of carboxylic acid groups (broad SMARTS) is 1. The number of carbonyl (C=O) groups excluding carboxylic acids is 1. The fourth-order valence-electron chi connectivity index (χ4n) is 1.44. The summed E-state index contributed by atoms with van der Waals surface area (Å²) < 4.78 is 8.67. The van der Waals surface area contributed by atoms with Crippen molar-refractivity contribution < 1.29 is 19.4 Å². The quantitative estimate of drug-likeness (QED) is 0.781. The standard InChI is InChI=1S/C8H9N3O4S/c12-7(10-6-3-9-11-16-6)4-1-2-5(15-4)8(13)14/h3-5H,1-2H2,(H,10,12)(H,13,14)/t4-,5+/m0/s1. The molecule has 0 bridgehead atoms. The third-order valence-corrected chi connectivity index (χ3v) is 2.78. The van der Waals surface area contributed by atoms with Crippen molar-refractivity contribution in [3.05, 3.63) is 6.20 Å². The average molecular weight is 243 g/mol. The summed E-state index contributed by atoms with van der Waals surface area (Å²) in [6, 6.07) is 0. The van der Waals surface area contributed by atoms with Crippen LogP contribution >= 0.6 is 11.5 Å². The maximum absolute atomic E-state index is 11.6. The van der Waals surface area contributed by atoms with Gasteiger partial charge in [-0.1, -0.05) is 4.49 Å². The molecule has 0 unspecified atom stereocenters. The van der Waals surface area contributed by atoms with Crippen molar-refractivity contribution >= 4 is 28.4 Å². The van der Waals surface area contributed by atoms with E-state index in [1.807, 2.05) is 0 Å². The second-order valence-electron chi connectivity index (χ2n) is 3.30. The van der Waals surface area contributed by atoms with Crippen molar-refractivity contribution in [2.45, 2.75) is 25.0 Å². The lowest BCUT2D eigenvalue weighted by atomic mass is 10.2. The molecule has 8 heteroatoms. The fourth-order valence-corrected chi connectivity index (χ4v) is 1.86. The molecule has 2 heterocycles. The van der Waals surface area contributed by atoms with Gasteiger partial charge in [-0.3, -0.25) is 4.79 Å². The summed E-state index contributed by atoms with van der Waals surface area (Å²) in [5, 5.41) is 15.3. The first-order valence-electron chi connectivity index (χ1n) is 4.63. The number of ether oxygens (including phenoxy) is 1. The SMILES string of the molecule is O=C(Nc1cnns1)[C@@H]1CC[C@H](C(=O)O)O1. The van der Waals surface area contributed by atoms with E-state index in [4.69, 9.17) is 9.84 Å². The van der Waals surface area contributed by atoms with Crippen LogP contribution in [0.3, 0.4) is 0 Å². The molecule has 0 aromatic carbocycles. The number of carboxylic acids is 1. The number of hydrogen-bond donors (Lipinski definition) is 2. The monoisotopic (exact) mass is 243 g/mol. The first-order chi connectivity index (χ1) is 7.66. The summed E-state index contributed by atoms with van der Waals surface area (Å²) in [7, 11) is 0. The Morgan fingerprint density at radius 2 is 2.25 bits per heavy atom. The topological polar surface area (TPSA) is 101 Å². The Balaban J connectivity index is 1.90. The predicted octanol–water partition coefficient (Wildman–Crippen LogP) is 0.109. The molecule has 1 saturated heterocycles. The van der Waals surface area contributed by atoms with Crippen LogP contribution in [0.5, 0.6) is 0 Å². The van der Waals surface area contributed by atoms with Gasteiger partial charge in [-0.25, -0.2) is 4.79 Å². The Morgan fingerprint density at radius 1 is 1.50 bits per heavy atom. The second-order valence-corrected chi connectivity index (χ2v) is 4.09. The smallest absolute Gasteiger partial charge is 0.332 e. The molecule has 7 nitrogen and oxygen atoms in total. The Labute approximate surface area is 94.6 Å². The van der Waals surface area contributed by atoms with Crippen LogP contribution in [0.2, 0.25) is 0 Å². The highest BCUT2D eigenvalue weighted by Gasteiger charge is 2.34. The molecule has 1 fully saturated rings. The van der Waals surface area contributed by atoms with Crippen molar-refractivity contribution in [1.29, 1.82) is 0 Å². The third-order valence-electron chi connectivity index (χ3n) is 2.20. The van der Waals surface area contributed by atoms with Crippen LogP contribution in [0.15, 0.2) is 6.20 Å². The first-order valence-corrected chi connectivity index (χ1v) is 5.40. The zero-order chi connectivity index (χ0) is 11.5. The lowest BCUT2D eigenvalue weighted by Crippen LogP contribution is -2.29. The molecule has 2 N–H and O–H groups in total. The number of anilines is 1. The summed E-state index contributed by atoms with van der Waals surface area (Å²) in [6.45, 7) is 0. The highest BCUT2D eigenvalue weighted by molar-refractivity contribution is 7.10. The van der Waals surface area contributed by atoms with Gasteiger partial charge in [0.1, 0.15) is 11.1 Å². The van der Waals surface area contributed by atoms with Crippen LogP contribution in [0.4, 0.5) is 5.00 Å². The van der Waals surface area contributed by atoms with Gasteiger partial charge < -0.3 is 15.2 Å². The highest BCUT2D eigenvalue weighted by Crippen LogP contribution is 2.21. The van der Waals surface area contributed by atoms with Gasteiger partial charge in [0.25, 0.3) is 5.91 Å². The molecule has 2 atom stereocenters. The van der Waals surface area contributed by atoms with Gasteiger partial charge in [-0.05, 0) is 12.8 Å². The van der Waals surface area contributed by atoms with E-state index in [9.17, 15) is 9.59 Å². The summed E-state index contributed by atoms with van der Waals surface area (Å²) in [5.74, 6) is -1.38. The molecule has 1 aromatic rings. The number of aromatic nitrogens is 2. The van der Waals surface area contributed by atoms with Gasteiger partial charge in [0.15, 0.2) is 6.10 Å². The lowest BCUT2D eigenvalue weighted by Gasteiger charge is -2.09.